The fraction of sp³-hybridized carbons (Fsp3) is 0.130. The minimum absolute atomic E-state index is 0.0160. The quantitative estimate of drug-likeness (QED) is 0.672. The summed E-state index contributed by atoms with van der Waals surface area (Å²) in [7, 11) is 0. The van der Waals surface area contributed by atoms with Gasteiger partial charge >= 0.3 is 0 Å². The average Bonchev–Trinajstić information content (AvgIpc) is 2.95. The van der Waals surface area contributed by atoms with Crippen LogP contribution in [0.4, 0.5) is 11.4 Å². The number of amides is 1. The number of anilines is 2. The van der Waals surface area contributed by atoms with Crippen LogP contribution in [0.15, 0.2) is 72.8 Å². The third-order valence-electron chi connectivity index (χ3n) is 4.93. The van der Waals surface area contributed by atoms with Gasteiger partial charge in [-0.3, -0.25) is 14.5 Å². The summed E-state index contributed by atoms with van der Waals surface area (Å²) in [6, 6.07) is 22.9. The minimum Gasteiger partial charge on any atom is -0.361 e. The number of aryl methyl sites for hydroxylation is 1. The molecule has 0 spiro atoms. The molecule has 3 aromatic rings. The molecule has 1 atom stereocenters. The summed E-state index contributed by atoms with van der Waals surface area (Å²) in [6.07, 6.45) is -0.307. The molecule has 1 unspecified atom stereocenters. The van der Waals surface area contributed by atoms with Crippen LogP contribution in [-0.4, -0.2) is 11.7 Å². The van der Waals surface area contributed by atoms with Crippen molar-refractivity contribution in [1.82, 2.24) is 0 Å². The molecule has 0 aromatic heterocycles. The fourth-order valence-corrected chi connectivity index (χ4v) is 3.50. The molecule has 0 radical (unpaired) electrons. The summed E-state index contributed by atoms with van der Waals surface area (Å²) < 4.78 is 0. The third-order valence-corrected chi connectivity index (χ3v) is 4.93. The smallest absolute Gasteiger partial charge is 0.260 e. The largest absolute Gasteiger partial charge is 0.361 e. The number of rotatable bonds is 4. The molecule has 0 saturated carbocycles. The number of nitrogens with one attached hydrogen (secondary N) is 1. The summed E-state index contributed by atoms with van der Waals surface area (Å²) in [4.78, 5) is 26.4. The van der Waals surface area contributed by atoms with Crippen molar-refractivity contribution in [2.75, 3.05) is 10.2 Å². The van der Waals surface area contributed by atoms with Gasteiger partial charge < -0.3 is 5.32 Å². The van der Waals surface area contributed by atoms with Crippen molar-refractivity contribution in [1.29, 1.82) is 0 Å². The second-order valence-electron chi connectivity index (χ2n) is 6.73. The highest BCUT2D eigenvalue weighted by atomic mass is 16.2. The van der Waals surface area contributed by atoms with E-state index in [9.17, 15) is 9.59 Å². The van der Waals surface area contributed by atoms with E-state index in [4.69, 9.17) is 0 Å². The standard InChI is InChI=1S/C23H20N2O2/c1-15-7-3-6-10-21(15)25-22(19-8-4-5-9-20(19)23(25)27)24-18-13-11-17(12-14-18)16(2)26/h3-14,22,24H,1-2H3. The SMILES string of the molecule is CC(=O)c1ccc(NC2c3ccccc3C(=O)N2c2ccccc2C)cc1. The Morgan fingerprint density at radius 2 is 1.59 bits per heavy atom. The van der Waals surface area contributed by atoms with Gasteiger partial charge in [-0.1, -0.05) is 36.4 Å². The lowest BCUT2D eigenvalue weighted by Gasteiger charge is -2.28. The van der Waals surface area contributed by atoms with E-state index in [1.165, 1.54) is 0 Å². The molecule has 0 aliphatic carbocycles. The molecule has 1 heterocycles. The maximum absolute atomic E-state index is 13.1. The Labute approximate surface area is 158 Å². The minimum atomic E-state index is -0.307. The van der Waals surface area contributed by atoms with Crippen molar-refractivity contribution in [3.63, 3.8) is 0 Å². The molecular formula is C23H20N2O2. The molecular weight excluding hydrogens is 336 g/mol. The van der Waals surface area contributed by atoms with Crippen LogP contribution in [0.5, 0.6) is 0 Å². The van der Waals surface area contributed by atoms with Crippen LogP contribution in [0.3, 0.4) is 0 Å². The zero-order valence-corrected chi connectivity index (χ0v) is 15.3. The Hall–Kier alpha value is -3.40. The van der Waals surface area contributed by atoms with Gasteiger partial charge in [0.25, 0.3) is 5.91 Å². The van der Waals surface area contributed by atoms with Gasteiger partial charge in [-0.05, 0) is 55.8 Å². The summed E-state index contributed by atoms with van der Waals surface area (Å²) >= 11 is 0. The van der Waals surface area contributed by atoms with E-state index in [2.05, 4.69) is 5.32 Å². The second kappa shape index (κ2) is 6.72. The zero-order chi connectivity index (χ0) is 19.0. The second-order valence-corrected chi connectivity index (χ2v) is 6.73. The topological polar surface area (TPSA) is 49.4 Å². The highest BCUT2D eigenvalue weighted by molar-refractivity contribution is 6.11. The lowest BCUT2D eigenvalue weighted by atomic mass is 10.1. The third kappa shape index (κ3) is 2.99. The van der Waals surface area contributed by atoms with Crippen molar-refractivity contribution in [3.8, 4) is 0 Å². The van der Waals surface area contributed by atoms with Crippen LogP contribution in [0, 0.1) is 6.92 Å². The number of hydrogen-bond donors (Lipinski definition) is 1. The zero-order valence-electron chi connectivity index (χ0n) is 15.3. The monoisotopic (exact) mass is 356 g/mol. The van der Waals surface area contributed by atoms with Gasteiger partial charge in [-0.2, -0.15) is 0 Å². The number of fused-ring (bicyclic) bond motifs is 1. The van der Waals surface area contributed by atoms with E-state index in [0.29, 0.717) is 11.1 Å². The van der Waals surface area contributed by atoms with Gasteiger partial charge in [0.15, 0.2) is 5.78 Å². The molecule has 3 aromatic carbocycles. The first-order valence-electron chi connectivity index (χ1n) is 8.92. The van der Waals surface area contributed by atoms with Crippen LogP contribution in [0.25, 0.3) is 0 Å². The highest BCUT2D eigenvalue weighted by Crippen LogP contribution is 2.39. The molecule has 1 aliphatic rings. The lowest BCUT2D eigenvalue weighted by molar-refractivity contribution is 0.0990. The van der Waals surface area contributed by atoms with Crippen molar-refractivity contribution in [3.05, 3.63) is 95.1 Å². The molecule has 27 heavy (non-hydrogen) atoms. The summed E-state index contributed by atoms with van der Waals surface area (Å²) in [5, 5.41) is 3.46. The highest BCUT2D eigenvalue weighted by Gasteiger charge is 2.38. The number of para-hydroxylation sites is 1. The first kappa shape index (κ1) is 17.0. The van der Waals surface area contributed by atoms with E-state index in [-0.39, 0.29) is 17.9 Å². The number of Topliss-reactive ketones (excluding diaryl/α,β-unsaturated/α-hetero) is 1. The number of benzene rings is 3. The molecule has 0 fully saturated rings. The molecule has 1 N–H and O–H groups in total. The number of carbonyl (C=O) groups excluding carboxylic acids is 2. The normalized spacial score (nSPS) is 15.6. The van der Waals surface area contributed by atoms with Crippen LogP contribution in [0.2, 0.25) is 0 Å². The first-order valence-corrected chi connectivity index (χ1v) is 8.92. The van der Waals surface area contributed by atoms with Crippen molar-refractivity contribution in [2.45, 2.75) is 20.0 Å². The van der Waals surface area contributed by atoms with Crippen LogP contribution in [0.1, 0.15) is 44.9 Å². The number of carbonyl (C=O) groups is 2. The predicted molar refractivity (Wildman–Crippen MR) is 107 cm³/mol. The molecule has 4 heteroatoms. The molecule has 4 nitrogen and oxygen atoms in total. The molecule has 1 amide bonds. The first-order chi connectivity index (χ1) is 13.1. The van der Waals surface area contributed by atoms with Gasteiger partial charge in [0.05, 0.1) is 0 Å². The van der Waals surface area contributed by atoms with Gasteiger partial charge in [0.1, 0.15) is 6.17 Å². The van der Waals surface area contributed by atoms with Crippen molar-refractivity contribution < 1.29 is 9.59 Å². The van der Waals surface area contributed by atoms with Crippen LogP contribution in [-0.2, 0) is 0 Å². The Morgan fingerprint density at radius 1 is 0.926 bits per heavy atom. The molecule has 134 valence electrons. The maximum Gasteiger partial charge on any atom is 0.260 e. The van der Waals surface area contributed by atoms with Crippen LogP contribution < -0.4 is 10.2 Å². The van der Waals surface area contributed by atoms with Crippen LogP contribution >= 0.6 is 0 Å². The predicted octanol–water partition coefficient (Wildman–Crippen LogP) is 4.97. The molecule has 0 saturated heterocycles. The molecule has 0 bridgehead atoms. The van der Waals surface area contributed by atoms with E-state index in [1.807, 2.05) is 67.6 Å². The van der Waals surface area contributed by atoms with Gasteiger partial charge in [-0.15, -0.1) is 0 Å². The Morgan fingerprint density at radius 3 is 2.30 bits per heavy atom. The fourth-order valence-electron chi connectivity index (χ4n) is 3.50. The van der Waals surface area contributed by atoms with E-state index in [1.54, 1.807) is 24.0 Å². The number of nitrogens with zero attached hydrogens (tertiary/aromatic N) is 1. The molecule has 4 rings (SSSR count). The Bertz CT molecular complexity index is 1020. The summed E-state index contributed by atoms with van der Waals surface area (Å²) in [5.74, 6) is 0.0160. The Kier molecular flexibility index (Phi) is 4.24. The number of hydrogen-bond acceptors (Lipinski definition) is 3. The average molecular weight is 356 g/mol. The summed E-state index contributed by atoms with van der Waals surface area (Å²) in [5.41, 5.74) is 5.10. The maximum atomic E-state index is 13.1. The Balaban J connectivity index is 1.76. The van der Waals surface area contributed by atoms with E-state index < -0.39 is 0 Å². The lowest BCUT2D eigenvalue weighted by Crippen LogP contribution is -2.32. The van der Waals surface area contributed by atoms with E-state index >= 15 is 0 Å². The summed E-state index contributed by atoms with van der Waals surface area (Å²) in [6.45, 7) is 3.55. The number of ketones is 1. The van der Waals surface area contributed by atoms with Gasteiger partial charge in [0.2, 0.25) is 0 Å². The molecule has 1 aliphatic heterocycles. The van der Waals surface area contributed by atoms with Gasteiger partial charge in [0, 0.05) is 28.1 Å². The van der Waals surface area contributed by atoms with Crippen molar-refractivity contribution >= 4 is 23.1 Å². The van der Waals surface area contributed by atoms with Crippen molar-refractivity contribution in [2.24, 2.45) is 0 Å². The van der Waals surface area contributed by atoms with E-state index in [0.717, 1.165) is 22.5 Å². The van der Waals surface area contributed by atoms with Gasteiger partial charge in [-0.25, -0.2) is 0 Å².